The van der Waals surface area contributed by atoms with Crippen molar-refractivity contribution in [1.29, 1.82) is 0 Å². The SMILES string of the molecule is O=C(O)Cc1ccc(SCC(O)CS(=O)(=O)O)cc1. The Morgan fingerprint density at radius 2 is 1.84 bits per heavy atom. The number of carbonyl (C=O) groups is 1. The normalized spacial score (nSPS) is 13.2. The number of hydrogen-bond donors (Lipinski definition) is 3. The molecular formula is C11H14O6S2. The minimum Gasteiger partial charge on any atom is -0.481 e. The molecule has 1 aromatic carbocycles. The summed E-state index contributed by atoms with van der Waals surface area (Å²) in [6, 6.07) is 6.71. The number of carboxylic acids is 1. The van der Waals surface area contributed by atoms with Crippen molar-refractivity contribution in [2.45, 2.75) is 17.4 Å². The van der Waals surface area contributed by atoms with Crippen LogP contribution < -0.4 is 0 Å². The zero-order valence-corrected chi connectivity index (χ0v) is 11.5. The highest BCUT2D eigenvalue weighted by molar-refractivity contribution is 7.99. The van der Waals surface area contributed by atoms with Gasteiger partial charge in [-0.2, -0.15) is 8.42 Å². The molecule has 0 aliphatic heterocycles. The van der Waals surface area contributed by atoms with Gasteiger partial charge in [0.15, 0.2) is 0 Å². The van der Waals surface area contributed by atoms with Crippen LogP contribution in [0.2, 0.25) is 0 Å². The largest absolute Gasteiger partial charge is 0.481 e. The Hall–Kier alpha value is -1.09. The predicted molar refractivity (Wildman–Crippen MR) is 70.9 cm³/mol. The molecule has 0 heterocycles. The minimum atomic E-state index is -4.18. The first-order chi connectivity index (χ1) is 8.76. The number of thioether (sulfide) groups is 1. The fraction of sp³-hybridized carbons (Fsp3) is 0.364. The first-order valence-electron chi connectivity index (χ1n) is 5.33. The lowest BCUT2D eigenvalue weighted by atomic mass is 10.2. The van der Waals surface area contributed by atoms with Gasteiger partial charge in [0, 0.05) is 10.6 Å². The number of benzene rings is 1. The maximum atomic E-state index is 10.5. The average molecular weight is 306 g/mol. The Morgan fingerprint density at radius 1 is 1.26 bits per heavy atom. The summed E-state index contributed by atoms with van der Waals surface area (Å²) in [6.45, 7) is 0. The fourth-order valence-corrected chi connectivity index (χ4v) is 2.95. The highest BCUT2D eigenvalue weighted by atomic mass is 32.2. The molecule has 0 amide bonds. The summed E-state index contributed by atoms with van der Waals surface area (Å²) in [5.74, 6) is -1.49. The molecule has 1 aromatic rings. The van der Waals surface area contributed by atoms with Crippen molar-refractivity contribution in [3.63, 3.8) is 0 Å². The van der Waals surface area contributed by atoms with Crippen LogP contribution >= 0.6 is 11.8 Å². The second-order valence-electron chi connectivity index (χ2n) is 3.93. The molecule has 1 atom stereocenters. The molecule has 0 aliphatic carbocycles. The topological polar surface area (TPSA) is 112 Å². The van der Waals surface area contributed by atoms with Gasteiger partial charge in [-0.1, -0.05) is 12.1 Å². The number of aliphatic hydroxyl groups excluding tert-OH is 1. The molecule has 0 radical (unpaired) electrons. The van der Waals surface area contributed by atoms with Gasteiger partial charge in [-0.15, -0.1) is 11.8 Å². The monoisotopic (exact) mass is 306 g/mol. The third-order valence-corrected chi connectivity index (χ3v) is 4.09. The van der Waals surface area contributed by atoms with Crippen LogP contribution in [-0.4, -0.2) is 46.8 Å². The van der Waals surface area contributed by atoms with Gasteiger partial charge in [-0.25, -0.2) is 0 Å². The van der Waals surface area contributed by atoms with Gasteiger partial charge in [0.2, 0.25) is 0 Å². The Morgan fingerprint density at radius 3 is 2.32 bits per heavy atom. The third kappa shape index (κ3) is 7.16. The smallest absolute Gasteiger partial charge is 0.307 e. The van der Waals surface area contributed by atoms with E-state index in [0.29, 0.717) is 5.56 Å². The molecule has 0 aromatic heterocycles. The summed E-state index contributed by atoms with van der Waals surface area (Å²) < 4.78 is 29.6. The highest BCUT2D eigenvalue weighted by Crippen LogP contribution is 2.19. The second kappa shape index (κ2) is 6.90. The van der Waals surface area contributed by atoms with Crippen LogP contribution in [0.25, 0.3) is 0 Å². The lowest BCUT2D eigenvalue weighted by molar-refractivity contribution is -0.136. The van der Waals surface area contributed by atoms with Crippen molar-refractivity contribution in [3.05, 3.63) is 29.8 Å². The minimum absolute atomic E-state index is 0.0592. The van der Waals surface area contributed by atoms with Crippen molar-refractivity contribution in [1.82, 2.24) is 0 Å². The van der Waals surface area contributed by atoms with Crippen molar-refractivity contribution in [2.75, 3.05) is 11.5 Å². The molecule has 6 nitrogen and oxygen atoms in total. The molecule has 19 heavy (non-hydrogen) atoms. The van der Waals surface area contributed by atoms with Crippen LogP contribution in [0.5, 0.6) is 0 Å². The Kier molecular flexibility index (Phi) is 5.80. The van der Waals surface area contributed by atoms with Crippen LogP contribution in [0.1, 0.15) is 5.56 Å². The van der Waals surface area contributed by atoms with E-state index < -0.39 is 27.9 Å². The molecule has 0 saturated heterocycles. The molecule has 8 heteroatoms. The standard InChI is InChI=1S/C11H14O6S2/c12-9(7-19(15,16)17)6-18-10-3-1-8(2-4-10)5-11(13)14/h1-4,9,12H,5-7H2,(H,13,14)(H,15,16,17). The molecule has 0 saturated carbocycles. The van der Waals surface area contributed by atoms with Gasteiger partial charge in [0.05, 0.1) is 12.5 Å². The molecule has 0 fully saturated rings. The van der Waals surface area contributed by atoms with E-state index in [1.165, 1.54) is 11.8 Å². The molecule has 106 valence electrons. The van der Waals surface area contributed by atoms with E-state index in [2.05, 4.69) is 0 Å². The lowest BCUT2D eigenvalue weighted by Crippen LogP contribution is -2.22. The van der Waals surface area contributed by atoms with Crippen LogP contribution in [-0.2, 0) is 21.3 Å². The van der Waals surface area contributed by atoms with Crippen molar-refractivity contribution < 1.29 is 28.0 Å². The number of rotatable bonds is 7. The van der Waals surface area contributed by atoms with E-state index in [9.17, 15) is 18.3 Å². The molecule has 1 unspecified atom stereocenters. The summed E-state index contributed by atoms with van der Waals surface area (Å²) in [5.41, 5.74) is 0.662. The maximum Gasteiger partial charge on any atom is 0.307 e. The quantitative estimate of drug-likeness (QED) is 0.501. The maximum absolute atomic E-state index is 10.5. The van der Waals surface area contributed by atoms with Gasteiger partial charge in [0.1, 0.15) is 5.75 Å². The highest BCUT2D eigenvalue weighted by Gasteiger charge is 2.14. The number of carboxylic acid groups (broad SMARTS) is 1. The van der Waals surface area contributed by atoms with Gasteiger partial charge in [-0.05, 0) is 17.7 Å². The Bertz CT molecular complexity index is 523. The van der Waals surface area contributed by atoms with Gasteiger partial charge < -0.3 is 10.2 Å². The first-order valence-corrected chi connectivity index (χ1v) is 7.92. The summed E-state index contributed by atoms with van der Waals surface area (Å²) >= 11 is 1.22. The number of aliphatic carboxylic acids is 1. The van der Waals surface area contributed by atoms with E-state index in [1.54, 1.807) is 24.3 Å². The summed E-state index contributed by atoms with van der Waals surface area (Å²) in [6.07, 6.45) is -1.21. The van der Waals surface area contributed by atoms with Gasteiger partial charge in [0.25, 0.3) is 10.1 Å². The summed E-state index contributed by atoms with van der Waals surface area (Å²) in [7, 11) is -4.18. The number of aliphatic hydroxyl groups is 1. The first kappa shape index (κ1) is 16.0. The van der Waals surface area contributed by atoms with Crippen LogP contribution in [0.4, 0.5) is 0 Å². The van der Waals surface area contributed by atoms with E-state index >= 15 is 0 Å². The molecule has 0 aliphatic rings. The molecule has 0 bridgehead atoms. The fourth-order valence-electron chi connectivity index (χ4n) is 1.36. The molecule has 0 spiro atoms. The van der Waals surface area contributed by atoms with Crippen LogP contribution in [0, 0.1) is 0 Å². The van der Waals surface area contributed by atoms with Gasteiger partial charge >= 0.3 is 5.97 Å². The van der Waals surface area contributed by atoms with Gasteiger partial charge in [-0.3, -0.25) is 9.35 Å². The van der Waals surface area contributed by atoms with E-state index in [0.717, 1.165) is 4.90 Å². The third-order valence-electron chi connectivity index (χ3n) is 2.12. The van der Waals surface area contributed by atoms with E-state index in [4.69, 9.17) is 9.66 Å². The summed E-state index contributed by atoms with van der Waals surface area (Å²) in [4.78, 5) is 11.3. The van der Waals surface area contributed by atoms with E-state index in [-0.39, 0.29) is 12.2 Å². The Labute approximate surface area is 115 Å². The predicted octanol–water partition coefficient (Wildman–Crippen LogP) is 0.655. The van der Waals surface area contributed by atoms with E-state index in [1.807, 2.05) is 0 Å². The Balaban J connectivity index is 2.48. The number of hydrogen-bond acceptors (Lipinski definition) is 5. The molecular weight excluding hydrogens is 292 g/mol. The van der Waals surface area contributed by atoms with Crippen LogP contribution in [0.3, 0.4) is 0 Å². The average Bonchev–Trinajstić information content (AvgIpc) is 2.25. The summed E-state index contributed by atoms with van der Waals surface area (Å²) in [5, 5.41) is 18.0. The van der Waals surface area contributed by atoms with Crippen LogP contribution in [0.15, 0.2) is 29.2 Å². The molecule has 1 rings (SSSR count). The zero-order valence-electron chi connectivity index (χ0n) is 9.89. The van der Waals surface area contributed by atoms with Crippen molar-refractivity contribution >= 4 is 27.8 Å². The van der Waals surface area contributed by atoms with Crippen molar-refractivity contribution in [2.24, 2.45) is 0 Å². The van der Waals surface area contributed by atoms with Crippen molar-refractivity contribution in [3.8, 4) is 0 Å². The molecule has 3 N–H and O–H groups in total. The second-order valence-corrected chi connectivity index (χ2v) is 6.52. The zero-order chi connectivity index (χ0) is 14.5. The lowest BCUT2D eigenvalue weighted by Gasteiger charge is -2.08.